The van der Waals surface area contributed by atoms with Crippen LogP contribution in [0.15, 0.2) is 60.7 Å². The molecule has 1 N–H and O–H groups in total. The first kappa shape index (κ1) is 19.7. The van der Waals surface area contributed by atoms with Crippen LogP contribution in [0.5, 0.6) is 5.75 Å². The molecule has 0 unspecified atom stereocenters. The molecule has 1 heterocycles. The van der Waals surface area contributed by atoms with Crippen molar-refractivity contribution < 1.29 is 9.53 Å². The van der Waals surface area contributed by atoms with E-state index in [0.717, 1.165) is 34.9 Å². The number of nitrogens with one attached hydrogen (secondary N) is 1. The van der Waals surface area contributed by atoms with E-state index in [4.69, 9.17) is 4.74 Å². The summed E-state index contributed by atoms with van der Waals surface area (Å²) in [7, 11) is 5.64. The molecule has 0 spiro atoms. The summed E-state index contributed by atoms with van der Waals surface area (Å²) >= 11 is 0. The van der Waals surface area contributed by atoms with Crippen molar-refractivity contribution in [2.45, 2.75) is 6.92 Å². The van der Waals surface area contributed by atoms with Crippen molar-refractivity contribution in [2.24, 2.45) is 0 Å². The van der Waals surface area contributed by atoms with Crippen LogP contribution >= 0.6 is 0 Å². The minimum atomic E-state index is -0.0646. The Morgan fingerprint density at radius 1 is 1.07 bits per heavy atom. The van der Waals surface area contributed by atoms with Crippen LogP contribution in [0.25, 0.3) is 16.9 Å². The fourth-order valence-corrected chi connectivity index (χ4v) is 3.27. The number of carbonyl (C=O) groups is 1. The molecule has 0 radical (unpaired) electrons. The molecule has 0 saturated heterocycles. The Bertz CT molecular complexity index is 946. The Morgan fingerprint density at radius 3 is 2.43 bits per heavy atom. The van der Waals surface area contributed by atoms with Gasteiger partial charge in [0.25, 0.3) is 5.91 Å². The monoisotopic (exact) mass is 377 g/mol. The predicted octanol–water partition coefficient (Wildman–Crippen LogP) is 3.75. The molecule has 0 fully saturated rings. The van der Waals surface area contributed by atoms with Gasteiger partial charge in [-0.05, 0) is 44.8 Å². The van der Waals surface area contributed by atoms with Crippen LogP contribution in [0.3, 0.4) is 0 Å². The van der Waals surface area contributed by atoms with E-state index in [0.29, 0.717) is 12.1 Å². The third-order valence-corrected chi connectivity index (χ3v) is 4.73. The lowest BCUT2D eigenvalue weighted by Crippen LogP contribution is -2.31. The Labute approximate surface area is 166 Å². The summed E-state index contributed by atoms with van der Waals surface area (Å²) in [5, 5.41) is 3.02. The van der Waals surface area contributed by atoms with Crippen LogP contribution in [-0.2, 0) is 0 Å². The number of aromatic nitrogens is 1. The maximum atomic E-state index is 12.9. The van der Waals surface area contributed by atoms with Gasteiger partial charge in [-0.1, -0.05) is 42.5 Å². The van der Waals surface area contributed by atoms with Crippen molar-refractivity contribution >= 4 is 5.91 Å². The molecular formula is C23H27N3O2. The van der Waals surface area contributed by atoms with Gasteiger partial charge in [0, 0.05) is 18.8 Å². The highest BCUT2D eigenvalue weighted by atomic mass is 16.5. The molecule has 1 aromatic heterocycles. The summed E-state index contributed by atoms with van der Waals surface area (Å²) in [5.74, 6) is 0.697. The summed E-state index contributed by atoms with van der Waals surface area (Å²) in [6.45, 7) is 3.37. The van der Waals surface area contributed by atoms with E-state index in [9.17, 15) is 4.79 Å². The predicted molar refractivity (Wildman–Crippen MR) is 113 cm³/mol. The Hall–Kier alpha value is -3.05. The summed E-state index contributed by atoms with van der Waals surface area (Å²) < 4.78 is 7.67. The van der Waals surface area contributed by atoms with Gasteiger partial charge in [0.2, 0.25) is 0 Å². The third kappa shape index (κ3) is 4.10. The number of likely N-dealkylation sites (N-methyl/N-ethyl adjacent to an activating group) is 1. The number of methoxy groups -OCH3 is 1. The standard InChI is InChI=1S/C23H27N3O2/c1-17-19(23(27)24-14-15-25(2)3)16-21(18-10-6-5-7-11-18)26(17)20-12-8-9-13-22(20)28-4/h5-13,16H,14-15H2,1-4H3,(H,24,27). The quantitative estimate of drug-likeness (QED) is 0.682. The Morgan fingerprint density at radius 2 is 1.75 bits per heavy atom. The number of carbonyl (C=O) groups excluding carboxylic acids is 1. The van der Waals surface area contributed by atoms with Crippen LogP contribution in [0, 0.1) is 6.92 Å². The molecule has 146 valence electrons. The van der Waals surface area contributed by atoms with E-state index in [-0.39, 0.29) is 5.91 Å². The number of nitrogens with zero attached hydrogens (tertiary/aromatic N) is 2. The van der Waals surface area contributed by atoms with E-state index in [1.807, 2.05) is 74.4 Å². The van der Waals surface area contributed by atoms with Gasteiger partial charge < -0.3 is 19.5 Å². The van der Waals surface area contributed by atoms with Gasteiger partial charge in [0.05, 0.1) is 24.1 Å². The molecule has 3 aromatic rings. The average molecular weight is 377 g/mol. The molecule has 0 bridgehead atoms. The van der Waals surface area contributed by atoms with E-state index < -0.39 is 0 Å². The number of benzene rings is 2. The zero-order valence-corrected chi connectivity index (χ0v) is 16.9. The van der Waals surface area contributed by atoms with Crippen molar-refractivity contribution in [3.63, 3.8) is 0 Å². The minimum Gasteiger partial charge on any atom is -0.495 e. The fourth-order valence-electron chi connectivity index (χ4n) is 3.27. The van der Waals surface area contributed by atoms with Gasteiger partial charge in [-0.3, -0.25) is 4.79 Å². The number of hydrogen-bond donors (Lipinski definition) is 1. The molecule has 28 heavy (non-hydrogen) atoms. The average Bonchev–Trinajstić information content (AvgIpc) is 3.05. The van der Waals surface area contributed by atoms with E-state index in [1.54, 1.807) is 7.11 Å². The van der Waals surface area contributed by atoms with Gasteiger partial charge in [-0.15, -0.1) is 0 Å². The molecule has 2 aromatic carbocycles. The number of para-hydroxylation sites is 2. The lowest BCUT2D eigenvalue weighted by molar-refractivity contribution is 0.0950. The van der Waals surface area contributed by atoms with Gasteiger partial charge >= 0.3 is 0 Å². The number of ether oxygens (including phenoxy) is 1. The molecule has 0 aliphatic carbocycles. The normalized spacial score (nSPS) is 10.9. The molecule has 5 nitrogen and oxygen atoms in total. The lowest BCUT2D eigenvalue weighted by atomic mass is 10.1. The fraction of sp³-hybridized carbons (Fsp3) is 0.261. The maximum Gasteiger partial charge on any atom is 0.253 e. The second-order valence-electron chi connectivity index (χ2n) is 6.96. The van der Waals surface area contributed by atoms with Crippen LogP contribution in [0.1, 0.15) is 16.1 Å². The Balaban J connectivity index is 2.09. The Kier molecular flexibility index (Phi) is 6.16. The van der Waals surface area contributed by atoms with Crippen molar-refractivity contribution in [3.8, 4) is 22.7 Å². The summed E-state index contributed by atoms with van der Waals surface area (Å²) in [6.07, 6.45) is 0. The van der Waals surface area contributed by atoms with Crippen LogP contribution in [0.2, 0.25) is 0 Å². The summed E-state index contributed by atoms with van der Waals surface area (Å²) in [6, 6.07) is 19.9. The molecule has 1 amide bonds. The largest absolute Gasteiger partial charge is 0.495 e. The molecular weight excluding hydrogens is 350 g/mol. The van der Waals surface area contributed by atoms with E-state index in [2.05, 4.69) is 22.0 Å². The van der Waals surface area contributed by atoms with Crippen LogP contribution < -0.4 is 10.1 Å². The van der Waals surface area contributed by atoms with Crippen LogP contribution in [-0.4, -0.2) is 49.7 Å². The maximum absolute atomic E-state index is 12.9. The zero-order chi connectivity index (χ0) is 20.1. The molecule has 0 atom stereocenters. The molecule has 3 rings (SSSR count). The SMILES string of the molecule is COc1ccccc1-n1c(-c2ccccc2)cc(C(=O)NCCN(C)C)c1C. The number of amides is 1. The van der Waals surface area contributed by atoms with E-state index in [1.165, 1.54) is 0 Å². The van der Waals surface area contributed by atoms with Crippen molar-refractivity contribution in [1.29, 1.82) is 0 Å². The highest BCUT2D eigenvalue weighted by molar-refractivity contribution is 5.97. The third-order valence-electron chi connectivity index (χ3n) is 4.73. The lowest BCUT2D eigenvalue weighted by Gasteiger charge is -2.15. The first-order chi connectivity index (χ1) is 13.5. The highest BCUT2D eigenvalue weighted by Crippen LogP contribution is 2.33. The highest BCUT2D eigenvalue weighted by Gasteiger charge is 2.21. The first-order valence-electron chi connectivity index (χ1n) is 9.37. The van der Waals surface area contributed by atoms with Gasteiger partial charge in [-0.2, -0.15) is 0 Å². The zero-order valence-electron chi connectivity index (χ0n) is 16.9. The summed E-state index contributed by atoms with van der Waals surface area (Å²) in [4.78, 5) is 14.9. The van der Waals surface area contributed by atoms with Gasteiger partial charge in [-0.25, -0.2) is 0 Å². The van der Waals surface area contributed by atoms with Gasteiger partial charge in [0.15, 0.2) is 0 Å². The molecule has 0 aliphatic heterocycles. The summed E-state index contributed by atoms with van der Waals surface area (Å²) in [5.41, 5.74) is 4.46. The van der Waals surface area contributed by atoms with Crippen molar-refractivity contribution in [1.82, 2.24) is 14.8 Å². The number of hydrogen-bond acceptors (Lipinski definition) is 3. The second-order valence-corrected chi connectivity index (χ2v) is 6.96. The molecule has 0 aliphatic rings. The van der Waals surface area contributed by atoms with Gasteiger partial charge in [0.1, 0.15) is 5.75 Å². The molecule has 0 saturated carbocycles. The van der Waals surface area contributed by atoms with Crippen LogP contribution in [0.4, 0.5) is 0 Å². The number of rotatable bonds is 7. The first-order valence-corrected chi connectivity index (χ1v) is 9.37. The van der Waals surface area contributed by atoms with Crippen molar-refractivity contribution in [2.75, 3.05) is 34.3 Å². The smallest absolute Gasteiger partial charge is 0.253 e. The second kappa shape index (κ2) is 8.76. The molecule has 5 heteroatoms. The topological polar surface area (TPSA) is 46.5 Å². The van der Waals surface area contributed by atoms with E-state index >= 15 is 0 Å². The minimum absolute atomic E-state index is 0.0646. The van der Waals surface area contributed by atoms with Crippen molar-refractivity contribution in [3.05, 3.63) is 71.9 Å².